The van der Waals surface area contributed by atoms with Crippen LogP contribution in [0.5, 0.6) is 0 Å². The molecule has 4 rings (SSSR count). The van der Waals surface area contributed by atoms with E-state index < -0.39 is 25.1 Å². The summed E-state index contributed by atoms with van der Waals surface area (Å²) in [6, 6.07) is 5.29. The van der Waals surface area contributed by atoms with E-state index >= 15 is 0 Å². The highest BCUT2D eigenvalue weighted by Crippen LogP contribution is 2.30. The Bertz CT molecular complexity index is 1050. The van der Waals surface area contributed by atoms with Crippen molar-refractivity contribution in [1.82, 2.24) is 13.9 Å². The van der Waals surface area contributed by atoms with Gasteiger partial charge in [-0.25, -0.2) is 21.8 Å². The van der Waals surface area contributed by atoms with Gasteiger partial charge in [0.25, 0.3) is 0 Å². The third-order valence-electron chi connectivity index (χ3n) is 5.24. The Labute approximate surface area is 153 Å². The first-order valence-electron chi connectivity index (χ1n) is 8.63. The van der Waals surface area contributed by atoms with Gasteiger partial charge in [-0.2, -0.15) is 4.31 Å². The predicted octanol–water partition coefficient (Wildman–Crippen LogP) is 1.15. The van der Waals surface area contributed by atoms with Gasteiger partial charge in [-0.3, -0.25) is 0 Å². The maximum atomic E-state index is 12.8. The summed E-state index contributed by atoms with van der Waals surface area (Å²) in [7, 11) is -5.69. The molecule has 9 heteroatoms. The lowest BCUT2D eigenvalue weighted by atomic mass is 9.92. The van der Waals surface area contributed by atoms with Crippen molar-refractivity contribution in [2.24, 2.45) is 7.05 Å². The van der Waals surface area contributed by atoms with Crippen LogP contribution in [-0.2, 0) is 39.7 Å². The number of aryl methyl sites for hydroxylation is 3. The van der Waals surface area contributed by atoms with Crippen molar-refractivity contribution in [3.8, 4) is 0 Å². The SMILES string of the molecule is Cn1ccnc1S(=O)(=O)C1CN(S(=O)(=O)c2ccc3c(c2)CCCC3)C1. The van der Waals surface area contributed by atoms with Crippen molar-refractivity contribution >= 4 is 19.9 Å². The van der Waals surface area contributed by atoms with Gasteiger partial charge in [0.15, 0.2) is 0 Å². The quantitative estimate of drug-likeness (QED) is 0.775. The highest BCUT2D eigenvalue weighted by Gasteiger charge is 2.45. The molecule has 0 bridgehead atoms. The monoisotopic (exact) mass is 395 g/mol. The molecule has 0 unspecified atom stereocenters. The van der Waals surface area contributed by atoms with Gasteiger partial charge in [-0.15, -0.1) is 0 Å². The summed E-state index contributed by atoms with van der Waals surface area (Å²) in [4.78, 5) is 4.15. The Morgan fingerprint density at radius 1 is 1.04 bits per heavy atom. The van der Waals surface area contributed by atoms with Crippen LogP contribution in [0.25, 0.3) is 0 Å². The number of imidazole rings is 1. The summed E-state index contributed by atoms with van der Waals surface area (Å²) >= 11 is 0. The van der Waals surface area contributed by atoms with Crippen LogP contribution in [0.1, 0.15) is 24.0 Å². The minimum absolute atomic E-state index is 0.0201. The molecule has 1 fully saturated rings. The van der Waals surface area contributed by atoms with Crippen LogP contribution in [0, 0.1) is 0 Å². The minimum Gasteiger partial charge on any atom is -0.325 e. The van der Waals surface area contributed by atoms with Crippen LogP contribution >= 0.6 is 0 Å². The van der Waals surface area contributed by atoms with E-state index in [4.69, 9.17) is 0 Å². The number of nitrogens with zero attached hydrogens (tertiary/aromatic N) is 3. The number of hydrogen-bond acceptors (Lipinski definition) is 5. The molecule has 0 saturated carbocycles. The van der Waals surface area contributed by atoms with E-state index in [2.05, 4.69) is 4.98 Å². The standard InChI is InChI=1S/C17H21N3O4S2/c1-19-9-8-18-17(19)25(21,22)16-11-20(12-16)26(23,24)15-7-6-13-4-2-3-5-14(13)10-15/h6-10,16H,2-5,11-12H2,1H3. The zero-order chi connectivity index (χ0) is 18.5. The average Bonchev–Trinajstić information content (AvgIpc) is 2.99. The van der Waals surface area contributed by atoms with E-state index in [1.165, 1.54) is 20.6 Å². The largest absolute Gasteiger partial charge is 0.325 e. The smallest absolute Gasteiger partial charge is 0.243 e. The van der Waals surface area contributed by atoms with Gasteiger partial charge < -0.3 is 4.57 Å². The molecule has 2 aromatic rings. The molecule has 140 valence electrons. The van der Waals surface area contributed by atoms with E-state index in [1.54, 1.807) is 25.4 Å². The molecular formula is C17H21N3O4S2. The zero-order valence-electron chi connectivity index (χ0n) is 14.5. The summed E-state index contributed by atoms with van der Waals surface area (Å²) in [5.41, 5.74) is 2.31. The molecule has 0 radical (unpaired) electrons. The second-order valence-electron chi connectivity index (χ2n) is 6.95. The predicted molar refractivity (Wildman–Crippen MR) is 96.0 cm³/mol. The summed E-state index contributed by atoms with van der Waals surface area (Å²) in [5, 5.41) is -0.774. The molecule has 0 amide bonds. The highest BCUT2D eigenvalue weighted by molar-refractivity contribution is 7.92. The molecule has 0 N–H and O–H groups in total. The van der Waals surface area contributed by atoms with Crippen molar-refractivity contribution in [3.63, 3.8) is 0 Å². The van der Waals surface area contributed by atoms with E-state index in [1.807, 2.05) is 6.07 Å². The molecule has 1 aromatic heterocycles. The Kier molecular flexibility index (Phi) is 4.20. The molecular weight excluding hydrogens is 374 g/mol. The van der Waals surface area contributed by atoms with Gasteiger partial charge in [0, 0.05) is 32.5 Å². The highest BCUT2D eigenvalue weighted by atomic mass is 32.2. The van der Waals surface area contributed by atoms with E-state index in [0.717, 1.165) is 31.2 Å². The molecule has 2 aliphatic rings. The summed E-state index contributed by atoms with van der Waals surface area (Å²) in [5.74, 6) is 0. The van der Waals surface area contributed by atoms with Crippen LogP contribution in [0.2, 0.25) is 0 Å². The first-order valence-corrected chi connectivity index (χ1v) is 11.6. The lowest BCUT2D eigenvalue weighted by molar-refractivity contribution is 0.308. The van der Waals surface area contributed by atoms with Crippen LogP contribution < -0.4 is 0 Å². The molecule has 1 aliphatic heterocycles. The molecule has 0 spiro atoms. The zero-order valence-corrected chi connectivity index (χ0v) is 16.1. The Balaban J connectivity index is 1.54. The molecule has 26 heavy (non-hydrogen) atoms. The Morgan fingerprint density at radius 2 is 1.73 bits per heavy atom. The van der Waals surface area contributed by atoms with Gasteiger partial charge in [0.1, 0.15) is 0 Å². The number of benzene rings is 1. The van der Waals surface area contributed by atoms with Gasteiger partial charge >= 0.3 is 0 Å². The van der Waals surface area contributed by atoms with Crippen LogP contribution in [0.15, 0.2) is 40.6 Å². The summed E-state index contributed by atoms with van der Waals surface area (Å²) < 4.78 is 53.5. The van der Waals surface area contributed by atoms with E-state index in [-0.39, 0.29) is 23.1 Å². The topological polar surface area (TPSA) is 89.3 Å². The average molecular weight is 396 g/mol. The second-order valence-corrected chi connectivity index (χ2v) is 11.0. The summed E-state index contributed by atoms with van der Waals surface area (Å²) in [6.07, 6.45) is 7.08. The summed E-state index contributed by atoms with van der Waals surface area (Å²) in [6.45, 7) is -0.0662. The molecule has 1 saturated heterocycles. The maximum absolute atomic E-state index is 12.8. The van der Waals surface area contributed by atoms with Crippen molar-refractivity contribution in [2.75, 3.05) is 13.1 Å². The van der Waals surface area contributed by atoms with Crippen molar-refractivity contribution in [1.29, 1.82) is 0 Å². The van der Waals surface area contributed by atoms with Crippen molar-refractivity contribution in [3.05, 3.63) is 41.7 Å². The Hall–Kier alpha value is -1.71. The number of fused-ring (bicyclic) bond motifs is 1. The second kappa shape index (κ2) is 6.17. The van der Waals surface area contributed by atoms with E-state index in [0.29, 0.717) is 0 Å². The van der Waals surface area contributed by atoms with Gasteiger partial charge in [0.2, 0.25) is 25.0 Å². The number of rotatable bonds is 4. The minimum atomic E-state index is -3.67. The molecule has 1 aliphatic carbocycles. The fourth-order valence-corrected chi connectivity index (χ4v) is 7.08. The maximum Gasteiger partial charge on any atom is 0.243 e. The Morgan fingerprint density at radius 3 is 2.38 bits per heavy atom. The first-order chi connectivity index (χ1) is 12.3. The van der Waals surface area contributed by atoms with E-state index in [9.17, 15) is 16.8 Å². The third kappa shape index (κ3) is 2.78. The number of hydrogen-bond donors (Lipinski definition) is 0. The van der Waals surface area contributed by atoms with Gasteiger partial charge in [0.05, 0.1) is 10.1 Å². The molecule has 0 atom stereocenters. The lowest BCUT2D eigenvalue weighted by Crippen LogP contribution is -2.56. The third-order valence-corrected chi connectivity index (χ3v) is 9.15. The number of sulfone groups is 1. The number of aromatic nitrogens is 2. The van der Waals surface area contributed by atoms with Crippen molar-refractivity contribution < 1.29 is 16.8 Å². The number of sulfonamides is 1. The molecule has 7 nitrogen and oxygen atoms in total. The van der Waals surface area contributed by atoms with Gasteiger partial charge in [-0.1, -0.05) is 6.07 Å². The van der Waals surface area contributed by atoms with Gasteiger partial charge in [-0.05, 0) is 48.9 Å². The first kappa shape index (κ1) is 17.7. The molecule has 2 heterocycles. The normalized spacial score (nSPS) is 19.1. The lowest BCUT2D eigenvalue weighted by Gasteiger charge is -2.37. The van der Waals surface area contributed by atoms with Crippen molar-refractivity contribution in [2.45, 2.75) is 41.0 Å². The fourth-order valence-electron chi connectivity index (χ4n) is 3.59. The molecule has 1 aromatic carbocycles. The fraction of sp³-hybridized carbons (Fsp3) is 0.471. The van der Waals surface area contributed by atoms with Crippen LogP contribution in [0.3, 0.4) is 0 Å². The van der Waals surface area contributed by atoms with Crippen LogP contribution in [-0.4, -0.2) is 49.0 Å². The van der Waals surface area contributed by atoms with Crippen LogP contribution in [0.4, 0.5) is 0 Å².